The van der Waals surface area contributed by atoms with Crippen molar-refractivity contribution in [1.82, 2.24) is 4.90 Å². The second kappa shape index (κ2) is 5.62. The molecule has 0 aromatic heterocycles. The molecule has 1 aliphatic heterocycles. The van der Waals surface area contributed by atoms with E-state index in [1.165, 1.54) is 37.9 Å². The Balaban J connectivity index is 2.00. The molecule has 0 aliphatic carbocycles. The standard InChI is InChI=1S/C15H23BrN2/c1-3-15(2)7-9-18(10-8-15)11-12-13(16)5-4-6-14(12)17/h4-6H,3,7-11,17H2,1-2H3. The molecule has 18 heavy (non-hydrogen) atoms. The minimum Gasteiger partial charge on any atom is -0.398 e. The monoisotopic (exact) mass is 310 g/mol. The quantitative estimate of drug-likeness (QED) is 0.854. The van der Waals surface area contributed by atoms with E-state index in [2.05, 4.69) is 40.7 Å². The lowest BCUT2D eigenvalue weighted by Gasteiger charge is -2.39. The average molecular weight is 311 g/mol. The van der Waals surface area contributed by atoms with E-state index in [1.807, 2.05) is 12.1 Å². The third-order valence-electron chi connectivity index (χ3n) is 4.45. The van der Waals surface area contributed by atoms with Crippen LogP contribution in [-0.4, -0.2) is 18.0 Å². The number of piperidine rings is 1. The predicted octanol–water partition coefficient (Wildman–Crippen LogP) is 4.04. The molecule has 1 saturated heterocycles. The van der Waals surface area contributed by atoms with Gasteiger partial charge in [0.05, 0.1) is 0 Å². The molecule has 0 saturated carbocycles. The minimum atomic E-state index is 0.552. The highest BCUT2D eigenvalue weighted by Crippen LogP contribution is 2.35. The van der Waals surface area contributed by atoms with Crippen molar-refractivity contribution in [3.8, 4) is 0 Å². The summed E-state index contributed by atoms with van der Waals surface area (Å²) in [4.78, 5) is 2.52. The molecule has 0 radical (unpaired) electrons. The van der Waals surface area contributed by atoms with Gasteiger partial charge in [-0.3, -0.25) is 4.90 Å². The van der Waals surface area contributed by atoms with E-state index in [-0.39, 0.29) is 0 Å². The summed E-state index contributed by atoms with van der Waals surface area (Å²) in [6.07, 6.45) is 3.89. The SMILES string of the molecule is CCC1(C)CCN(Cc2c(N)cccc2Br)CC1. The maximum absolute atomic E-state index is 6.06. The molecule has 0 bridgehead atoms. The summed E-state index contributed by atoms with van der Waals surface area (Å²) < 4.78 is 1.13. The number of nitrogens with zero attached hydrogens (tertiary/aromatic N) is 1. The summed E-state index contributed by atoms with van der Waals surface area (Å²) in [6.45, 7) is 8.06. The largest absolute Gasteiger partial charge is 0.398 e. The van der Waals surface area contributed by atoms with Crippen molar-refractivity contribution >= 4 is 21.6 Å². The number of hydrogen-bond acceptors (Lipinski definition) is 2. The molecule has 0 amide bonds. The van der Waals surface area contributed by atoms with E-state index in [0.29, 0.717) is 5.41 Å². The Morgan fingerprint density at radius 1 is 1.33 bits per heavy atom. The Labute approximate surface area is 119 Å². The molecule has 1 aromatic carbocycles. The first kappa shape index (κ1) is 13.9. The fourth-order valence-electron chi connectivity index (χ4n) is 2.57. The average Bonchev–Trinajstić information content (AvgIpc) is 2.36. The Kier molecular flexibility index (Phi) is 4.33. The zero-order valence-corrected chi connectivity index (χ0v) is 13.0. The molecule has 0 spiro atoms. The van der Waals surface area contributed by atoms with Gasteiger partial charge in [0, 0.05) is 22.3 Å². The minimum absolute atomic E-state index is 0.552. The molecule has 1 aromatic rings. The Morgan fingerprint density at radius 2 is 2.00 bits per heavy atom. The smallest absolute Gasteiger partial charge is 0.0371 e. The number of hydrogen-bond donors (Lipinski definition) is 1. The van der Waals surface area contributed by atoms with Crippen LogP contribution in [0.1, 0.15) is 38.7 Å². The lowest BCUT2D eigenvalue weighted by Crippen LogP contribution is -2.38. The van der Waals surface area contributed by atoms with Gasteiger partial charge in [-0.2, -0.15) is 0 Å². The highest BCUT2D eigenvalue weighted by Gasteiger charge is 2.28. The second-order valence-corrected chi connectivity index (χ2v) is 6.60. The van der Waals surface area contributed by atoms with E-state index in [4.69, 9.17) is 5.73 Å². The summed E-state index contributed by atoms with van der Waals surface area (Å²) in [6, 6.07) is 6.05. The molecular formula is C15H23BrN2. The molecule has 1 heterocycles. The normalized spacial score (nSPS) is 19.9. The molecule has 1 aliphatic rings. The maximum atomic E-state index is 6.06. The van der Waals surface area contributed by atoms with Gasteiger partial charge in [-0.25, -0.2) is 0 Å². The third-order valence-corrected chi connectivity index (χ3v) is 5.20. The van der Waals surface area contributed by atoms with E-state index in [9.17, 15) is 0 Å². The van der Waals surface area contributed by atoms with Gasteiger partial charge < -0.3 is 5.73 Å². The molecule has 2 rings (SSSR count). The van der Waals surface area contributed by atoms with Gasteiger partial charge in [-0.15, -0.1) is 0 Å². The summed E-state index contributed by atoms with van der Waals surface area (Å²) >= 11 is 3.60. The van der Waals surface area contributed by atoms with Crippen LogP contribution in [0.2, 0.25) is 0 Å². The molecule has 2 nitrogen and oxygen atoms in total. The van der Waals surface area contributed by atoms with Crippen molar-refractivity contribution in [3.63, 3.8) is 0 Å². The Bertz CT molecular complexity index is 389. The van der Waals surface area contributed by atoms with E-state index in [1.54, 1.807) is 0 Å². The predicted molar refractivity (Wildman–Crippen MR) is 81.5 cm³/mol. The lowest BCUT2D eigenvalue weighted by molar-refractivity contribution is 0.109. The van der Waals surface area contributed by atoms with Crippen molar-refractivity contribution in [1.29, 1.82) is 0 Å². The van der Waals surface area contributed by atoms with E-state index in [0.717, 1.165) is 16.7 Å². The van der Waals surface area contributed by atoms with Crippen LogP contribution in [0.15, 0.2) is 22.7 Å². The van der Waals surface area contributed by atoms with Crippen LogP contribution < -0.4 is 5.73 Å². The lowest BCUT2D eigenvalue weighted by atomic mass is 9.78. The molecule has 2 N–H and O–H groups in total. The van der Waals surface area contributed by atoms with Crippen LogP contribution in [0.4, 0.5) is 5.69 Å². The zero-order chi connectivity index (χ0) is 13.2. The number of nitrogens with two attached hydrogens (primary N) is 1. The van der Waals surface area contributed by atoms with Gasteiger partial charge in [0.25, 0.3) is 0 Å². The number of benzene rings is 1. The molecule has 0 unspecified atom stereocenters. The Morgan fingerprint density at radius 3 is 2.56 bits per heavy atom. The maximum Gasteiger partial charge on any atom is 0.0371 e. The first-order chi connectivity index (χ1) is 8.54. The van der Waals surface area contributed by atoms with Crippen LogP contribution in [-0.2, 0) is 6.54 Å². The van der Waals surface area contributed by atoms with Crippen LogP contribution in [0, 0.1) is 5.41 Å². The highest BCUT2D eigenvalue weighted by atomic mass is 79.9. The molecule has 1 fully saturated rings. The van der Waals surface area contributed by atoms with Crippen LogP contribution in [0.3, 0.4) is 0 Å². The topological polar surface area (TPSA) is 29.3 Å². The van der Waals surface area contributed by atoms with Gasteiger partial charge >= 0.3 is 0 Å². The number of likely N-dealkylation sites (tertiary alicyclic amines) is 1. The van der Waals surface area contributed by atoms with Crippen molar-refractivity contribution in [2.45, 2.75) is 39.7 Å². The van der Waals surface area contributed by atoms with E-state index < -0.39 is 0 Å². The van der Waals surface area contributed by atoms with Crippen LogP contribution in [0.25, 0.3) is 0 Å². The van der Waals surface area contributed by atoms with Gasteiger partial charge in [0.2, 0.25) is 0 Å². The fraction of sp³-hybridized carbons (Fsp3) is 0.600. The van der Waals surface area contributed by atoms with Gasteiger partial charge in [0.1, 0.15) is 0 Å². The third kappa shape index (κ3) is 3.07. The number of rotatable bonds is 3. The van der Waals surface area contributed by atoms with Crippen LogP contribution in [0.5, 0.6) is 0 Å². The van der Waals surface area contributed by atoms with E-state index >= 15 is 0 Å². The number of anilines is 1. The first-order valence-electron chi connectivity index (χ1n) is 6.79. The number of nitrogen functional groups attached to an aromatic ring is 1. The van der Waals surface area contributed by atoms with Gasteiger partial charge in [-0.1, -0.05) is 42.3 Å². The zero-order valence-electron chi connectivity index (χ0n) is 11.4. The first-order valence-corrected chi connectivity index (χ1v) is 7.58. The molecule has 100 valence electrons. The Hall–Kier alpha value is -0.540. The van der Waals surface area contributed by atoms with Crippen molar-refractivity contribution in [2.75, 3.05) is 18.8 Å². The van der Waals surface area contributed by atoms with Gasteiger partial charge in [-0.05, 0) is 43.5 Å². The summed E-state index contributed by atoms with van der Waals surface area (Å²) in [7, 11) is 0. The van der Waals surface area contributed by atoms with Gasteiger partial charge in [0.15, 0.2) is 0 Å². The molecule has 3 heteroatoms. The highest BCUT2D eigenvalue weighted by molar-refractivity contribution is 9.10. The summed E-state index contributed by atoms with van der Waals surface area (Å²) in [5.74, 6) is 0. The van der Waals surface area contributed by atoms with Crippen molar-refractivity contribution in [3.05, 3.63) is 28.2 Å². The van der Waals surface area contributed by atoms with Crippen LogP contribution >= 0.6 is 15.9 Å². The molecule has 0 atom stereocenters. The van der Waals surface area contributed by atoms with Crippen molar-refractivity contribution < 1.29 is 0 Å². The fourth-order valence-corrected chi connectivity index (χ4v) is 3.08. The summed E-state index contributed by atoms with van der Waals surface area (Å²) in [5.41, 5.74) is 8.74. The summed E-state index contributed by atoms with van der Waals surface area (Å²) in [5, 5.41) is 0. The number of halogens is 1. The molecular weight excluding hydrogens is 288 g/mol. The second-order valence-electron chi connectivity index (χ2n) is 5.75. The van der Waals surface area contributed by atoms with Crippen molar-refractivity contribution in [2.24, 2.45) is 5.41 Å².